The van der Waals surface area contributed by atoms with Gasteiger partial charge in [-0.15, -0.1) is 0 Å². The highest BCUT2D eigenvalue weighted by Crippen LogP contribution is 2.38. The Labute approximate surface area is 154 Å². The standard InChI is InChI=1S/C21H14N2O4/c24-16-4-2-1-3-13(16)19(25)22-23-20(26)14-9-7-11-5-6-12-8-10-15(21(23)27)18(14)17(11)12/h1-4,7-10,24H,5-6H2,(H,22,25). The lowest BCUT2D eigenvalue weighted by atomic mass is 9.92. The Morgan fingerprint density at radius 1 is 0.852 bits per heavy atom. The zero-order valence-electron chi connectivity index (χ0n) is 14.2. The Hall–Kier alpha value is -3.67. The number of rotatable bonds is 2. The molecule has 0 bridgehead atoms. The number of para-hydroxylation sites is 1. The van der Waals surface area contributed by atoms with Gasteiger partial charge in [0, 0.05) is 5.39 Å². The maximum absolute atomic E-state index is 12.9. The smallest absolute Gasteiger partial charge is 0.280 e. The van der Waals surface area contributed by atoms with Gasteiger partial charge in [-0.1, -0.05) is 24.3 Å². The largest absolute Gasteiger partial charge is 0.507 e. The maximum atomic E-state index is 12.9. The van der Waals surface area contributed by atoms with Crippen LogP contribution in [0.5, 0.6) is 5.75 Å². The highest BCUT2D eigenvalue weighted by molar-refractivity contribution is 6.26. The topological polar surface area (TPSA) is 86.7 Å². The number of aromatic hydroxyl groups is 1. The Kier molecular flexibility index (Phi) is 3.12. The van der Waals surface area contributed by atoms with Crippen molar-refractivity contribution in [1.29, 1.82) is 0 Å². The van der Waals surface area contributed by atoms with Crippen LogP contribution in [-0.2, 0) is 12.8 Å². The highest BCUT2D eigenvalue weighted by Gasteiger charge is 2.36. The first-order valence-electron chi connectivity index (χ1n) is 8.61. The molecule has 6 heteroatoms. The van der Waals surface area contributed by atoms with Crippen molar-refractivity contribution >= 4 is 28.5 Å². The molecule has 2 aliphatic rings. The van der Waals surface area contributed by atoms with Crippen LogP contribution in [-0.4, -0.2) is 27.8 Å². The van der Waals surface area contributed by atoms with Crippen molar-refractivity contribution in [2.75, 3.05) is 0 Å². The van der Waals surface area contributed by atoms with E-state index in [1.807, 2.05) is 12.1 Å². The zero-order valence-corrected chi connectivity index (χ0v) is 14.2. The molecule has 0 spiro atoms. The van der Waals surface area contributed by atoms with Crippen LogP contribution < -0.4 is 5.43 Å². The second kappa shape index (κ2) is 5.41. The van der Waals surface area contributed by atoms with Gasteiger partial charge in [-0.05, 0) is 53.6 Å². The molecule has 0 radical (unpaired) electrons. The van der Waals surface area contributed by atoms with Crippen molar-refractivity contribution in [1.82, 2.24) is 10.4 Å². The molecular formula is C21H14N2O4. The normalized spacial score (nSPS) is 14.7. The molecule has 1 aliphatic heterocycles. The maximum Gasteiger partial charge on any atom is 0.280 e. The average Bonchev–Trinajstić information content (AvgIpc) is 3.10. The molecule has 0 atom stereocenters. The van der Waals surface area contributed by atoms with Crippen molar-refractivity contribution in [3.63, 3.8) is 0 Å². The van der Waals surface area contributed by atoms with Gasteiger partial charge in [-0.25, -0.2) is 0 Å². The van der Waals surface area contributed by atoms with Gasteiger partial charge in [0.15, 0.2) is 0 Å². The van der Waals surface area contributed by atoms with Crippen LogP contribution in [0.3, 0.4) is 0 Å². The Balaban J connectivity index is 1.59. The van der Waals surface area contributed by atoms with Gasteiger partial charge in [0.25, 0.3) is 17.7 Å². The minimum absolute atomic E-state index is 0.0161. The molecule has 132 valence electrons. The Morgan fingerprint density at radius 2 is 1.44 bits per heavy atom. The number of nitrogens with zero attached hydrogens (tertiary/aromatic N) is 1. The van der Waals surface area contributed by atoms with Crippen LogP contribution >= 0.6 is 0 Å². The van der Waals surface area contributed by atoms with Gasteiger partial charge >= 0.3 is 0 Å². The quantitative estimate of drug-likeness (QED) is 0.690. The summed E-state index contributed by atoms with van der Waals surface area (Å²) in [6.07, 6.45) is 1.79. The van der Waals surface area contributed by atoms with E-state index in [1.54, 1.807) is 24.3 Å². The molecule has 3 amide bonds. The van der Waals surface area contributed by atoms with E-state index < -0.39 is 17.7 Å². The lowest BCUT2D eigenvalue weighted by Crippen LogP contribution is -2.51. The third kappa shape index (κ3) is 2.10. The van der Waals surface area contributed by atoms with Crippen LogP contribution in [0.25, 0.3) is 10.8 Å². The molecule has 0 aromatic heterocycles. The monoisotopic (exact) mass is 358 g/mol. The molecule has 1 aliphatic carbocycles. The molecule has 6 nitrogen and oxygen atoms in total. The third-order valence-corrected chi connectivity index (χ3v) is 5.23. The number of imide groups is 1. The minimum Gasteiger partial charge on any atom is -0.507 e. The first-order chi connectivity index (χ1) is 13.1. The predicted molar refractivity (Wildman–Crippen MR) is 97.4 cm³/mol. The first kappa shape index (κ1) is 15.6. The molecule has 0 unspecified atom stereocenters. The van der Waals surface area contributed by atoms with Crippen molar-refractivity contribution in [3.8, 4) is 5.75 Å². The summed E-state index contributed by atoms with van der Waals surface area (Å²) >= 11 is 0. The van der Waals surface area contributed by atoms with E-state index in [-0.39, 0.29) is 11.3 Å². The summed E-state index contributed by atoms with van der Waals surface area (Å²) in [5.74, 6) is -2.11. The van der Waals surface area contributed by atoms with Gasteiger partial charge < -0.3 is 5.11 Å². The molecular weight excluding hydrogens is 344 g/mol. The van der Waals surface area contributed by atoms with Crippen molar-refractivity contribution in [2.45, 2.75) is 12.8 Å². The molecule has 1 heterocycles. The molecule has 2 N–H and O–H groups in total. The number of carbonyl (C=O) groups excluding carboxylic acids is 3. The van der Waals surface area contributed by atoms with Gasteiger partial charge in [0.1, 0.15) is 5.75 Å². The second-order valence-corrected chi connectivity index (χ2v) is 6.70. The first-order valence-corrected chi connectivity index (χ1v) is 8.61. The van der Waals surface area contributed by atoms with Gasteiger partial charge in [-0.3, -0.25) is 19.8 Å². The van der Waals surface area contributed by atoms with E-state index in [9.17, 15) is 19.5 Å². The lowest BCUT2D eigenvalue weighted by molar-refractivity contribution is 0.0478. The van der Waals surface area contributed by atoms with Gasteiger partial charge in [0.2, 0.25) is 0 Å². The van der Waals surface area contributed by atoms with Gasteiger partial charge in [0.05, 0.1) is 16.7 Å². The highest BCUT2D eigenvalue weighted by atomic mass is 16.3. The summed E-state index contributed by atoms with van der Waals surface area (Å²) < 4.78 is 0. The molecule has 0 saturated heterocycles. The average molecular weight is 358 g/mol. The Morgan fingerprint density at radius 3 is 2.04 bits per heavy atom. The van der Waals surface area contributed by atoms with Crippen LogP contribution in [0.15, 0.2) is 48.5 Å². The number of hydrogen-bond acceptors (Lipinski definition) is 4. The minimum atomic E-state index is -0.730. The van der Waals surface area contributed by atoms with E-state index in [2.05, 4.69) is 5.43 Å². The summed E-state index contributed by atoms with van der Waals surface area (Å²) in [6, 6.07) is 13.2. The SMILES string of the molecule is O=C(NN1C(=O)c2ccc3c4c(ccc(c24)C1=O)CC3)c1ccccc1O. The number of amides is 3. The molecule has 0 saturated carbocycles. The fourth-order valence-corrected chi connectivity index (χ4v) is 3.95. The number of hydrazine groups is 1. The fourth-order valence-electron chi connectivity index (χ4n) is 3.95. The number of carbonyl (C=O) groups is 3. The summed E-state index contributed by atoms with van der Waals surface area (Å²) in [6.45, 7) is 0. The van der Waals surface area contributed by atoms with E-state index in [0.717, 1.165) is 34.4 Å². The summed E-state index contributed by atoms with van der Waals surface area (Å²) in [5, 5.41) is 12.2. The number of phenolic OH excluding ortho intramolecular Hbond substituents is 1. The molecule has 3 aromatic rings. The second-order valence-electron chi connectivity index (χ2n) is 6.70. The number of aryl methyl sites for hydroxylation is 2. The van der Waals surface area contributed by atoms with E-state index >= 15 is 0 Å². The number of hydrogen-bond donors (Lipinski definition) is 2. The molecule has 3 aromatic carbocycles. The summed E-state index contributed by atoms with van der Waals surface area (Å²) in [4.78, 5) is 38.4. The van der Waals surface area contributed by atoms with Crippen LogP contribution in [0.4, 0.5) is 0 Å². The zero-order chi connectivity index (χ0) is 18.7. The van der Waals surface area contributed by atoms with Crippen molar-refractivity contribution in [2.24, 2.45) is 0 Å². The van der Waals surface area contributed by atoms with E-state index in [4.69, 9.17) is 0 Å². The van der Waals surface area contributed by atoms with Crippen molar-refractivity contribution in [3.05, 3.63) is 76.3 Å². The predicted octanol–water partition coefficient (Wildman–Crippen LogP) is 2.59. The molecule has 27 heavy (non-hydrogen) atoms. The molecule has 5 rings (SSSR count). The van der Waals surface area contributed by atoms with Crippen LogP contribution in [0.1, 0.15) is 42.2 Å². The number of benzene rings is 3. The number of nitrogens with one attached hydrogen (secondary N) is 1. The third-order valence-electron chi connectivity index (χ3n) is 5.23. The fraction of sp³-hybridized carbons (Fsp3) is 0.0952. The van der Waals surface area contributed by atoms with Crippen LogP contribution in [0, 0.1) is 0 Å². The summed E-state index contributed by atoms with van der Waals surface area (Å²) in [7, 11) is 0. The lowest BCUT2D eigenvalue weighted by Gasteiger charge is -2.27. The van der Waals surface area contributed by atoms with E-state index in [1.165, 1.54) is 12.1 Å². The van der Waals surface area contributed by atoms with Crippen molar-refractivity contribution < 1.29 is 19.5 Å². The molecule has 0 fully saturated rings. The van der Waals surface area contributed by atoms with Gasteiger partial charge in [-0.2, -0.15) is 5.01 Å². The van der Waals surface area contributed by atoms with E-state index in [0.29, 0.717) is 16.5 Å². The number of phenols is 1. The van der Waals surface area contributed by atoms with Crippen LogP contribution in [0.2, 0.25) is 0 Å². The Bertz CT molecular complexity index is 1120. The summed E-state index contributed by atoms with van der Waals surface area (Å²) in [5.41, 5.74) is 5.38.